The van der Waals surface area contributed by atoms with Gasteiger partial charge in [-0.25, -0.2) is 14.4 Å². The number of carbonyl (C=O) groups excluding carboxylic acids is 4. The number of fused-ring (bicyclic) bond motifs is 5. The summed E-state index contributed by atoms with van der Waals surface area (Å²) in [6, 6.07) is 0. The van der Waals surface area contributed by atoms with E-state index in [2.05, 4.69) is 31.1 Å². The predicted octanol–water partition coefficient (Wildman–Crippen LogP) is 4.03. The maximum absolute atomic E-state index is 11.9. The molecule has 268 valence electrons. The minimum absolute atomic E-state index is 0.0605. The lowest BCUT2D eigenvalue weighted by Gasteiger charge is -2.42. The summed E-state index contributed by atoms with van der Waals surface area (Å²) in [4.78, 5) is 45.5. The van der Waals surface area contributed by atoms with Crippen LogP contribution in [0.4, 0.5) is 9.59 Å². The lowest BCUT2D eigenvalue weighted by Crippen LogP contribution is -2.36. The summed E-state index contributed by atoms with van der Waals surface area (Å²) in [6.45, 7) is 14.9. The van der Waals surface area contributed by atoms with Crippen LogP contribution in [-0.4, -0.2) is 103 Å². The molecule has 6 unspecified atom stereocenters. The third-order valence-electron chi connectivity index (χ3n) is 9.51. The molecular formula is C34H56N2O11. The zero-order chi connectivity index (χ0) is 34.3. The number of alkyl carbamates (subject to hydrolysis) is 2. The molecule has 6 atom stereocenters. The second kappa shape index (κ2) is 19.2. The Morgan fingerprint density at radius 1 is 0.660 bits per heavy atom. The average Bonchev–Trinajstić information content (AvgIpc) is 3.26. The first-order valence-electron chi connectivity index (χ1n) is 16.9. The van der Waals surface area contributed by atoms with Gasteiger partial charge in [0.2, 0.25) is 0 Å². The van der Waals surface area contributed by atoms with Crippen molar-refractivity contribution < 1.29 is 52.3 Å². The molecule has 47 heavy (non-hydrogen) atoms. The Labute approximate surface area is 279 Å². The zero-order valence-electron chi connectivity index (χ0n) is 28.7. The van der Waals surface area contributed by atoms with Crippen LogP contribution in [0.15, 0.2) is 12.2 Å². The highest BCUT2D eigenvalue weighted by atomic mass is 16.6. The van der Waals surface area contributed by atoms with Crippen molar-refractivity contribution in [2.24, 2.45) is 34.5 Å². The number of amides is 2. The number of ether oxygens (including phenoxy) is 7. The first-order valence-corrected chi connectivity index (χ1v) is 16.9. The van der Waals surface area contributed by atoms with E-state index in [1.54, 1.807) is 6.92 Å². The van der Waals surface area contributed by atoms with Gasteiger partial charge in [0.05, 0.1) is 52.7 Å². The van der Waals surface area contributed by atoms with Gasteiger partial charge in [-0.3, -0.25) is 4.79 Å². The fourth-order valence-corrected chi connectivity index (χ4v) is 7.57. The van der Waals surface area contributed by atoms with E-state index in [1.807, 2.05) is 0 Å². The summed E-state index contributed by atoms with van der Waals surface area (Å²) in [6.07, 6.45) is 6.11. The van der Waals surface area contributed by atoms with Crippen molar-refractivity contribution in [2.75, 3.05) is 79.2 Å². The number of hydrogen-bond donors (Lipinski definition) is 2. The minimum atomic E-state index is -0.574. The molecule has 2 N–H and O–H groups in total. The molecule has 3 aliphatic rings. The largest absolute Gasteiger partial charge is 0.464 e. The molecule has 3 saturated carbocycles. The van der Waals surface area contributed by atoms with Crippen LogP contribution in [-0.2, 0) is 42.7 Å². The van der Waals surface area contributed by atoms with Gasteiger partial charge < -0.3 is 43.8 Å². The first kappa shape index (κ1) is 38.5. The van der Waals surface area contributed by atoms with E-state index in [9.17, 15) is 19.2 Å². The van der Waals surface area contributed by atoms with Gasteiger partial charge in [-0.15, -0.1) is 0 Å². The van der Waals surface area contributed by atoms with E-state index in [-0.39, 0.29) is 57.0 Å². The minimum Gasteiger partial charge on any atom is -0.464 e. The van der Waals surface area contributed by atoms with Gasteiger partial charge in [-0.05, 0) is 80.0 Å². The van der Waals surface area contributed by atoms with Crippen molar-refractivity contribution >= 4 is 24.1 Å². The molecule has 0 aliphatic heterocycles. The van der Waals surface area contributed by atoms with Crippen molar-refractivity contribution in [2.45, 2.75) is 66.2 Å². The molecule has 3 aliphatic carbocycles. The molecule has 0 saturated heterocycles. The van der Waals surface area contributed by atoms with Crippen molar-refractivity contribution in [1.29, 1.82) is 0 Å². The van der Waals surface area contributed by atoms with Crippen LogP contribution in [0.3, 0.4) is 0 Å². The number of hydrogen-bond acceptors (Lipinski definition) is 11. The fraction of sp³-hybridized carbons (Fsp3) is 0.824. The standard InChI is InChI=1S/C34H56N2O11/c1-24(2)30(38)45-11-9-36-32(40)47-17-15-43-23-34(5)19-26-18-27(20-34)29-21-33(4,7-6-28(26)29)22-42-13-12-41-14-16-46-31(39)35-8-10-44-25(3)37/h26-29H,1,6-23H2,2-5H3,(H,35,39)(H,36,40). The Morgan fingerprint density at radius 2 is 1.19 bits per heavy atom. The maximum atomic E-state index is 11.9. The molecule has 0 aromatic rings. The van der Waals surface area contributed by atoms with Gasteiger partial charge in [0.1, 0.15) is 26.4 Å². The normalized spacial score (nSPS) is 27.7. The zero-order valence-corrected chi connectivity index (χ0v) is 28.7. The van der Waals surface area contributed by atoms with Gasteiger partial charge in [-0.1, -0.05) is 20.4 Å². The van der Waals surface area contributed by atoms with Crippen molar-refractivity contribution in [3.8, 4) is 0 Å². The van der Waals surface area contributed by atoms with E-state index in [4.69, 9.17) is 33.2 Å². The number of rotatable bonds is 20. The van der Waals surface area contributed by atoms with Crippen LogP contribution in [0.25, 0.3) is 0 Å². The van der Waals surface area contributed by atoms with Gasteiger partial charge in [0, 0.05) is 12.5 Å². The van der Waals surface area contributed by atoms with Crippen LogP contribution in [0, 0.1) is 34.5 Å². The number of carbonyl (C=O) groups is 4. The molecule has 0 radical (unpaired) electrons. The highest BCUT2D eigenvalue weighted by Gasteiger charge is 2.54. The topological polar surface area (TPSA) is 157 Å². The summed E-state index contributed by atoms with van der Waals surface area (Å²) in [7, 11) is 0. The molecular weight excluding hydrogens is 612 g/mol. The van der Waals surface area contributed by atoms with Crippen molar-refractivity contribution in [3.05, 3.63) is 12.2 Å². The van der Waals surface area contributed by atoms with Crippen LogP contribution in [0.1, 0.15) is 66.2 Å². The Kier molecular flexibility index (Phi) is 15.7. The van der Waals surface area contributed by atoms with Gasteiger partial charge >= 0.3 is 24.1 Å². The van der Waals surface area contributed by atoms with Crippen LogP contribution in [0.2, 0.25) is 0 Å². The third-order valence-corrected chi connectivity index (χ3v) is 9.51. The number of nitrogens with one attached hydrogen (secondary N) is 2. The number of esters is 2. The third kappa shape index (κ3) is 13.6. The maximum Gasteiger partial charge on any atom is 0.407 e. The highest BCUT2D eigenvalue weighted by molar-refractivity contribution is 5.86. The lowest BCUT2D eigenvalue weighted by atomic mass is 9.65. The molecule has 0 spiro atoms. The van der Waals surface area contributed by atoms with E-state index in [0.29, 0.717) is 44.5 Å². The molecule has 0 heterocycles. The molecule has 2 amide bonds. The molecule has 3 fully saturated rings. The van der Waals surface area contributed by atoms with Crippen LogP contribution < -0.4 is 10.6 Å². The molecule has 3 rings (SSSR count). The SMILES string of the molecule is C=C(C)C(=O)OCCNC(=O)OCCOCC1(C)CC2CC(C1)C1CC(C)(COCCOCCOC(=O)NCCOC(C)=O)CCC21. The van der Waals surface area contributed by atoms with E-state index in [1.165, 1.54) is 39.0 Å². The second-order valence-corrected chi connectivity index (χ2v) is 14.0. The summed E-state index contributed by atoms with van der Waals surface area (Å²) in [5.74, 6) is 2.06. The molecule has 13 nitrogen and oxygen atoms in total. The van der Waals surface area contributed by atoms with Gasteiger partial charge in [-0.2, -0.15) is 0 Å². The van der Waals surface area contributed by atoms with Crippen LogP contribution in [0.5, 0.6) is 0 Å². The fourth-order valence-electron chi connectivity index (χ4n) is 7.57. The highest BCUT2D eigenvalue weighted by Crippen LogP contribution is 2.62. The van der Waals surface area contributed by atoms with Gasteiger partial charge in [0.25, 0.3) is 0 Å². The Bertz CT molecular complexity index is 1060. The van der Waals surface area contributed by atoms with Gasteiger partial charge in [0.15, 0.2) is 0 Å². The first-order chi connectivity index (χ1) is 22.4. The quantitative estimate of drug-likeness (QED) is 0.0836. The van der Waals surface area contributed by atoms with Crippen molar-refractivity contribution in [1.82, 2.24) is 10.6 Å². The average molecular weight is 669 g/mol. The van der Waals surface area contributed by atoms with Crippen LogP contribution >= 0.6 is 0 Å². The van der Waals surface area contributed by atoms with E-state index in [0.717, 1.165) is 24.2 Å². The molecule has 13 heteroatoms. The summed E-state index contributed by atoms with van der Waals surface area (Å²) < 4.78 is 37.5. The summed E-state index contributed by atoms with van der Waals surface area (Å²) in [5, 5.41) is 5.05. The predicted molar refractivity (Wildman–Crippen MR) is 171 cm³/mol. The Balaban J connectivity index is 1.24. The Hall–Kier alpha value is -2.90. The Morgan fingerprint density at radius 3 is 1.81 bits per heavy atom. The summed E-state index contributed by atoms with van der Waals surface area (Å²) in [5.41, 5.74) is 0.592. The smallest absolute Gasteiger partial charge is 0.407 e. The summed E-state index contributed by atoms with van der Waals surface area (Å²) >= 11 is 0. The second-order valence-electron chi connectivity index (χ2n) is 14.0. The monoisotopic (exact) mass is 668 g/mol. The van der Waals surface area contributed by atoms with E-state index >= 15 is 0 Å². The molecule has 2 bridgehead atoms. The van der Waals surface area contributed by atoms with E-state index < -0.39 is 24.1 Å². The molecule has 0 aromatic heterocycles. The molecule has 0 aromatic carbocycles. The lowest BCUT2D eigenvalue weighted by molar-refractivity contribution is -0.141. The van der Waals surface area contributed by atoms with Crippen molar-refractivity contribution in [3.63, 3.8) is 0 Å².